The second kappa shape index (κ2) is 6.78. The molecule has 110 valence electrons. The van der Waals surface area contributed by atoms with Crippen molar-refractivity contribution in [3.8, 4) is 0 Å². The van der Waals surface area contributed by atoms with Gasteiger partial charge in [0.25, 0.3) is 0 Å². The number of hydrogen-bond donors (Lipinski definition) is 2. The van der Waals surface area contributed by atoms with Crippen molar-refractivity contribution in [1.82, 2.24) is 5.32 Å². The fourth-order valence-electron chi connectivity index (χ4n) is 3.14. The van der Waals surface area contributed by atoms with E-state index >= 15 is 0 Å². The highest BCUT2D eigenvalue weighted by Crippen LogP contribution is 2.22. The Kier molecular flexibility index (Phi) is 5.05. The smallest absolute Gasteiger partial charge is 0.319 e. The molecule has 1 fully saturated rings. The lowest BCUT2D eigenvalue weighted by Crippen LogP contribution is -2.37. The van der Waals surface area contributed by atoms with Crippen LogP contribution in [0.3, 0.4) is 0 Å². The number of urea groups is 1. The Morgan fingerprint density at radius 2 is 1.55 bits per heavy atom. The summed E-state index contributed by atoms with van der Waals surface area (Å²) in [5, 5.41) is 6.15. The monoisotopic (exact) mass is 274 g/mol. The molecule has 0 saturated heterocycles. The van der Waals surface area contributed by atoms with Crippen molar-refractivity contribution in [2.24, 2.45) is 0 Å². The molecular formula is C17H26N2O. The summed E-state index contributed by atoms with van der Waals surface area (Å²) in [6.07, 6.45) is 7.28. The van der Waals surface area contributed by atoms with Crippen LogP contribution in [0.5, 0.6) is 0 Å². The Balaban J connectivity index is 1.97. The van der Waals surface area contributed by atoms with E-state index in [-0.39, 0.29) is 6.03 Å². The maximum absolute atomic E-state index is 12.2. The number of benzene rings is 1. The molecular weight excluding hydrogens is 248 g/mol. The van der Waals surface area contributed by atoms with E-state index < -0.39 is 0 Å². The summed E-state index contributed by atoms with van der Waals surface area (Å²) in [6.45, 7) is 6.16. The Bertz CT molecular complexity index is 451. The molecule has 1 aliphatic rings. The zero-order valence-corrected chi connectivity index (χ0v) is 12.9. The Hall–Kier alpha value is -1.51. The number of carbonyl (C=O) groups excluding carboxylic acids is 1. The van der Waals surface area contributed by atoms with Crippen LogP contribution in [-0.2, 0) is 0 Å². The first kappa shape index (κ1) is 14.9. The lowest BCUT2D eigenvalue weighted by atomic mass is 10.1. The van der Waals surface area contributed by atoms with Gasteiger partial charge in [-0.1, -0.05) is 43.4 Å². The summed E-state index contributed by atoms with van der Waals surface area (Å²) in [5.74, 6) is 0. The molecule has 1 aromatic carbocycles. The molecule has 1 saturated carbocycles. The van der Waals surface area contributed by atoms with Crippen LogP contribution in [0.15, 0.2) is 12.1 Å². The standard InChI is InChI=1S/C17H26N2O/c1-12-10-13(2)16(14(3)11-12)19-17(20)18-15-8-6-4-5-7-9-15/h10-11,15H,4-9H2,1-3H3,(H2,18,19,20). The first-order valence-electron chi connectivity index (χ1n) is 7.71. The highest BCUT2D eigenvalue weighted by Gasteiger charge is 2.15. The highest BCUT2D eigenvalue weighted by atomic mass is 16.2. The van der Waals surface area contributed by atoms with Crippen molar-refractivity contribution in [3.05, 3.63) is 28.8 Å². The predicted octanol–water partition coefficient (Wildman–Crippen LogP) is 4.46. The topological polar surface area (TPSA) is 41.1 Å². The third kappa shape index (κ3) is 3.99. The number of aryl methyl sites for hydroxylation is 3. The molecule has 3 heteroatoms. The molecule has 0 bridgehead atoms. The molecule has 0 atom stereocenters. The van der Waals surface area contributed by atoms with Gasteiger partial charge in [-0.15, -0.1) is 0 Å². The largest absolute Gasteiger partial charge is 0.335 e. The van der Waals surface area contributed by atoms with Gasteiger partial charge in [-0.25, -0.2) is 4.79 Å². The average Bonchev–Trinajstić information content (AvgIpc) is 2.62. The molecule has 2 rings (SSSR count). The van der Waals surface area contributed by atoms with Crippen molar-refractivity contribution in [2.75, 3.05) is 5.32 Å². The zero-order valence-electron chi connectivity index (χ0n) is 12.9. The van der Waals surface area contributed by atoms with Gasteiger partial charge in [-0.05, 0) is 44.7 Å². The van der Waals surface area contributed by atoms with Gasteiger partial charge in [0, 0.05) is 11.7 Å². The molecule has 0 unspecified atom stereocenters. The summed E-state index contributed by atoms with van der Waals surface area (Å²) in [6, 6.07) is 4.48. The van der Waals surface area contributed by atoms with E-state index in [2.05, 4.69) is 29.7 Å². The first-order valence-corrected chi connectivity index (χ1v) is 7.71. The molecule has 2 amide bonds. The number of rotatable bonds is 2. The fraction of sp³-hybridized carbons (Fsp3) is 0.588. The number of anilines is 1. The van der Waals surface area contributed by atoms with Crippen molar-refractivity contribution in [1.29, 1.82) is 0 Å². The van der Waals surface area contributed by atoms with Crippen molar-refractivity contribution in [2.45, 2.75) is 65.3 Å². The molecule has 0 aromatic heterocycles. The van der Waals surface area contributed by atoms with E-state index in [1.54, 1.807) is 0 Å². The third-order valence-electron chi connectivity index (χ3n) is 4.11. The van der Waals surface area contributed by atoms with Gasteiger partial charge in [0.1, 0.15) is 0 Å². The zero-order chi connectivity index (χ0) is 14.5. The fourth-order valence-corrected chi connectivity index (χ4v) is 3.14. The lowest BCUT2D eigenvalue weighted by Gasteiger charge is -2.18. The summed E-state index contributed by atoms with van der Waals surface area (Å²) in [5.41, 5.74) is 4.42. The molecule has 0 spiro atoms. The van der Waals surface area contributed by atoms with Crippen LogP contribution in [0.25, 0.3) is 0 Å². The van der Waals surface area contributed by atoms with Gasteiger partial charge in [0.15, 0.2) is 0 Å². The minimum atomic E-state index is -0.0630. The molecule has 1 aliphatic carbocycles. The predicted molar refractivity (Wildman–Crippen MR) is 84.3 cm³/mol. The van der Waals surface area contributed by atoms with Crippen LogP contribution < -0.4 is 10.6 Å². The molecule has 0 aliphatic heterocycles. The quantitative estimate of drug-likeness (QED) is 0.768. The Labute approximate surface area is 122 Å². The normalized spacial score (nSPS) is 16.6. The van der Waals surface area contributed by atoms with Gasteiger partial charge < -0.3 is 10.6 Å². The average molecular weight is 274 g/mol. The molecule has 2 N–H and O–H groups in total. The van der Waals surface area contributed by atoms with Crippen LogP contribution in [0.1, 0.15) is 55.2 Å². The van der Waals surface area contributed by atoms with Crippen molar-refractivity contribution in [3.63, 3.8) is 0 Å². The Morgan fingerprint density at radius 3 is 2.10 bits per heavy atom. The SMILES string of the molecule is Cc1cc(C)c(NC(=O)NC2CCCCCC2)c(C)c1. The third-order valence-corrected chi connectivity index (χ3v) is 4.11. The van der Waals surface area contributed by atoms with Crippen LogP contribution in [0.4, 0.5) is 10.5 Å². The first-order chi connectivity index (χ1) is 9.56. The maximum atomic E-state index is 12.2. The van der Waals surface area contributed by atoms with E-state index in [0.29, 0.717) is 6.04 Å². The van der Waals surface area contributed by atoms with E-state index in [4.69, 9.17) is 0 Å². The maximum Gasteiger partial charge on any atom is 0.319 e. The second-order valence-corrected chi connectivity index (χ2v) is 6.06. The van der Waals surface area contributed by atoms with Gasteiger partial charge in [0.05, 0.1) is 0 Å². The number of nitrogens with one attached hydrogen (secondary N) is 2. The van der Waals surface area contributed by atoms with Crippen molar-refractivity contribution >= 4 is 11.7 Å². The van der Waals surface area contributed by atoms with Gasteiger partial charge >= 0.3 is 6.03 Å². The number of hydrogen-bond acceptors (Lipinski definition) is 1. The van der Waals surface area contributed by atoms with E-state index in [9.17, 15) is 4.79 Å². The van der Waals surface area contributed by atoms with Crippen LogP contribution in [0.2, 0.25) is 0 Å². The minimum Gasteiger partial charge on any atom is -0.335 e. The minimum absolute atomic E-state index is 0.0630. The van der Waals surface area contributed by atoms with Crippen LogP contribution >= 0.6 is 0 Å². The van der Waals surface area contributed by atoms with Crippen LogP contribution in [0, 0.1) is 20.8 Å². The number of amides is 2. The van der Waals surface area contributed by atoms with E-state index in [0.717, 1.165) is 29.7 Å². The van der Waals surface area contributed by atoms with Crippen LogP contribution in [-0.4, -0.2) is 12.1 Å². The molecule has 0 heterocycles. The van der Waals surface area contributed by atoms with Crippen molar-refractivity contribution < 1.29 is 4.79 Å². The second-order valence-electron chi connectivity index (χ2n) is 6.06. The highest BCUT2D eigenvalue weighted by molar-refractivity contribution is 5.91. The van der Waals surface area contributed by atoms with Gasteiger partial charge in [-0.3, -0.25) is 0 Å². The van der Waals surface area contributed by atoms with E-state index in [1.807, 2.05) is 13.8 Å². The number of carbonyl (C=O) groups is 1. The molecule has 20 heavy (non-hydrogen) atoms. The van der Waals surface area contributed by atoms with Gasteiger partial charge in [0.2, 0.25) is 0 Å². The summed E-state index contributed by atoms with van der Waals surface area (Å²) < 4.78 is 0. The summed E-state index contributed by atoms with van der Waals surface area (Å²) in [4.78, 5) is 12.2. The van der Waals surface area contributed by atoms with E-state index in [1.165, 1.54) is 31.2 Å². The van der Waals surface area contributed by atoms with Gasteiger partial charge in [-0.2, -0.15) is 0 Å². The Morgan fingerprint density at radius 1 is 1.00 bits per heavy atom. The molecule has 1 aromatic rings. The molecule has 0 radical (unpaired) electrons. The summed E-state index contributed by atoms with van der Waals surface area (Å²) in [7, 11) is 0. The lowest BCUT2D eigenvalue weighted by molar-refractivity contribution is 0.247. The molecule has 3 nitrogen and oxygen atoms in total. The summed E-state index contributed by atoms with van der Waals surface area (Å²) >= 11 is 0.